The number of nitrogens with two attached hydrogens (primary N) is 1. The summed E-state index contributed by atoms with van der Waals surface area (Å²) in [6.45, 7) is -0.164. The van der Waals surface area contributed by atoms with Crippen molar-refractivity contribution in [1.82, 2.24) is 10.2 Å². The molecule has 2 rings (SSSR count). The number of nitrogens with zero attached hydrogens (tertiary/aromatic N) is 3. The molecule has 1 aromatic carbocycles. The van der Waals surface area contributed by atoms with Gasteiger partial charge in [0.1, 0.15) is 6.61 Å². The van der Waals surface area contributed by atoms with Crippen LogP contribution in [0.15, 0.2) is 12.1 Å². The van der Waals surface area contributed by atoms with Gasteiger partial charge >= 0.3 is 5.69 Å². The minimum absolute atomic E-state index is 0.164. The van der Waals surface area contributed by atoms with Crippen LogP contribution in [0.1, 0.15) is 5.01 Å². The van der Waals surface area contributed by atoms with Crippen LogP contribution in [-0.4, -0.2) is 15.1 Å². The Morgan fingerprint density at radius 3 is 2.68 bits per heavy atom. The number of hydrogen-bond acceptors (Lipinski definition) is 7. The fourth-order valence-electron chi connectivity index (χ4n) is 1.23. The van der Waals surface area contributed by atoms with Crippen LogP contribution in [0.2, 0.25) is 0 Å². The normalized spacial score (nSPS) is 10.4. The van der Waals surface area contributed by atoms with Crippen molar-refractivity contribution < 1.29 is 18.4 Å². The molecule has 0 aliphatic carbocycles. The summed E-state index contributed by atoms with van der Waals surface area (Å²) in [5.74, 6) is -2.67. The first-order valence-corrected chi connectivity index (χ1v) is 5.63. The van der Waals surface area contributed by atoms with Gasteiger partial charge in [0, 0.05) is 6.07 Å². The number of aromatic nitrogens is 2. The summed E-state index contributed by atoms with van der Waals surface area (Å²) in [5.41, 5.74) is 4.38. The highest BCUT2D eigenvalue weighted by molar-refractivity contribution is 7.15. The second-order valence-corrected chi connectivity index (χ2v) is 4.41. The number of halogens is 2. The molecule has 0 radical (unpaired) electrons. The molecule has 0 bridgehead atoms. The third kappa shape index (κ3) is 2.91. The lowest BCUT2D eigenvalue weighted by molar-refractivity contribution is -0.387. The first-order valence-electron chi connectivity index (χ1n) is 4.81. The van der Waals surface area contributed by atoms with Gasteiger partial charge in [-0.2, -0.15) is 4.39 Å². The Bertz CT molecular complexity index is 634. The lowest BCUT2D eigenvalue weighted by atomic mass is 10.3. The zero-order valence-corrected chi connectivity index (χ0v) is 9.99. The summed E-state index contributed by atoms with van der Waals surface area (Å²) in [6, 6.07) is 1.07. The quantitative estimate of drug-likeness (QED) is 0.680. The van der Waals surface area contributed by atoms with E-state index < -0.39 is 28.0 Å². The number of nitro benzene ring substituents is 1. The minimum atomic E-state index is -1.18. The van der Waals surface area contributed by atoms with E-state index in [1.165, 1.54) is 0 Å². The van der Waals surface area contributed by atoms with E-state index in [1.807, 2.05) is 0 Å². The highest BCUT2D eigenvalue weighted by atomic mass is 32.1. The molecule has 10 heteroatoms. The highest BCUT2D eigenvalue weighted by Crippen LogP contribution is 2.27. The third-order valence-corrected chi connectivity index (χ3v) is 2.76. The number of anilines is 1. The monoisotopic (exact) mass is 288 g/mol. The van der Waals surface area contributed by atoms with Crippen molar-refractivity contribution in [3.8, 4) is 5.75 Å². The maximum absolute atomic E-state index is 13.4. The van der Waals surface area contributed by atoms with Crippen molar-refractivity contribution in [2.24, 2.45) is 0 Å². The topological polar surface area (TPSA) is 104 Å². The maximum Gasteiger partial charge on any atom is 0.307 e. The predicted octanol–water partition coefficient (Wildman–Crippen LogP) is 1.89. The SMILES string of the molecule is Nc1nnc(COc2cc(F)c([N+](=O)[O-])cc2F)s1. The van der Waals surface area contributed by atoms with Crippen LogP contribution >= 0.6 is 11.3 Å². The molecule has 1 aromatic heterocycles. The zero-order valence-electron chi connectivity index (χ0n) is 9.17. The van der Waals surface area contributed by atoms with Gasteiger partial charge in [-0.25, -0.2) is 4.39 Å². The van der Waals surface area contributed by atoms with E-state index in [2.05, 4.69) is 10.2 Å². The number of hydrogen-bond donors (Lipinski definition) is 1. The largest absolute Gasteiger partial charge is 0.483 e. The van der Waals surface area contributed by atoms with Crippen LogP contribution in [0.5, 0.6) is 5.75 Å². The van der Waals surface area contributed by atoms with Crippen molar-refractivity contribution in [3.05, 3.63) is 38.9 Å². The summed E-state index contributed by atoms with van der Waals surface area (Å²) in [7, 11) is 0. The van der Waals surface area contributed by atoms with Gasteiger partial charge in [-0.15, -0.1) is 10.2 Å². The van der Waals surface area contributed by atoms with Crippen LogP contribution in [0.3, 0.4) is 0 Å². The van der Waals surface area contributed by atoms with Crippen LogP contribution in [0, 0.1) is 21.7 Å². The van der Waals surface area contributed by atoms with E-state index in [0.29, 0.717) is 17.1 Å². The minimum Gasteiger partial charge on any atom is -0.483 e. The Morgan fingerprint density at radius 1 is 1.37 bits per heavy atom. The first-order chi connectivity index (χ1) is 8.97. The van der Waals surface area contributed by atoms with E-state index in [0.717, 1.165) is 11.3 Å². The lowest BCUT2D eigenvalue weighted by Crippen LogP contribution is -2.00. The zero-order chi connectivity index (χ0) is 14.0. The van der Waals surface area contributed by atoms with Crippen molar-refractivity contribution in [3.63, 3.8) is 0 Å². The van der Waals surface area contributed by atoms with E-state index in [9.17, 15) is 18.9 Å². The Morgan fingerprint density at radius 2 is 2.11 bits per heavy atom. The molecule has 1 heterocycles. The standard InChI is InChI=1S/C9H6F2N4O3S/c10-4-2-7(5(11)1-6(4)15(16)17)18-3-8-13-14-9(12)19-8/h1-2H,3H2,(H2,12,14). The molecule has 0 saturated carbocycles. The summed E-state index contributed by atoms with van der Waals surface area (Å²) in [4.78, 5) is 9.37. The van der Waals surface area contributed by atoms with Gasteiger partial charge in [-0.05, 0) is 0 Å². The van der Waals surface area contributed by atoms with Crippen LogP contribution < -0.4 is 10.5 Å². The molecular weight excluding hydrogens is 282 g/mol. The smallest absolute Gasteiger partial charge is 0.307 e. The molecule has 0 fully saturated rings. The molecule has 0 amide bonds. The fourth-order valence-corrected chi connectivity index (χ4v) is 1.76. The van der Waals surface area contributed by atoms with Crippen molar-refractivity contribution in [1.29, 1.82) is 0 Å². The molecule has 0 aliphatic rings. The van der Waals surface area contributed by atoms with Crippen LogP contribution in [-0.2, 0) is 6.61 Å². The molecule has 0 spiro atoms. The van der Waals surface area contributed by atoms with Crippen LogP contribution in [0.4, 0.5) is 19.6 Å². The van der Waals surface area contributed by atoms with Gasteiger partial charge in [0.15, 0.2) is 16.6 Å². The molecule has 0 aliphatic heterocycles. The van der Waals surface area contributed by atoms with Gasteiger partial charge in [-0.3, -0.25) is 10.1 Å². The summed E-state index contributed by atoms with van der Waals surface area (Å²) >= 11 is 1.03. The van der Waals surface area contributed by atoms with Gasteiger partial charge in [0.2, 0.25) is 10.9 Å². The Kier molecular flexibility index (Phi) is 3.51. The van der Waals surface area contributed by atoms with Gasteiger partial charge in [0.05, 0.1) is 11.0 Å². The second kappa shape index (κ2) is 5.10. The van der Waals surface area contributed by atoms with Crippen molar-refractivity contribution in [2.75, 3.05) is 5.73 Å². The van der Waals surface area contributed by atoms with Gasteiger partial charge in [-0.1, -0.05) is 11.3 Å². The lowest BCUT2D eigenvalue weighted by Gasteiger charge is -2.05. The predicted molar refractivity (Wildman–Crippen MR) is 61.7 cm³/mol. The van der Waals surface area contributed by atoms with Crippen molar-refractivity contribution >= 4 is 22.2 Å². The molecule has 0 saturated heterocycles. The number of nitro groups is 1. The summed E-state index contributed by atoms with van der Waals surface area (Å²) in [5, 5.41) is 18.1. The van der Waals surface area contributed by atoms with Crippen molar-refractivity contribution in [2.45, 2.75) is 6.61 Å². The first kappa shape index (κ1) is 13.1. The molecule has 2 aromatic rings. The fraction of sp³-hybridized carbons (Fsp3) is 0.111. The van der Waals surface area contributed by atoms with E-state index in [-0.39, 0.29) is 11.7 Å². The maximum atomic E-state index is 13.4. The van der Waals surface area contributed by atoms with E-state index in [1.54, 1.807) is 0 Å². The second-order valence-electron chi connectivity index (χ2n) is 3.31. The molecule has 7 nitrogen and oxygen atoms in total. The Balaban J connectivity index is 2.17. The molecule has 2 N–H and O–H groups in total. The molecule has 19 heavy (non-hydrogen) atoms. The molecular formula is C9H6F2N4O3S. The van der Waals surface area contributed by atoms with Gasteiger partial charge in [0.25, 0.3) is 0 Å². The highest BCUT2D eigenvalue weighted by Gasteiger charge is 2.19. The summed E-state index contributed by atoms with van der Waals surface area (Å²) in [6.07, 6.45) is 0. The van der Waals surface area contributed by atoms with E-state index >= 15 is 0 Å². The van der Waals surface area contributed by atoms with Gasteiger partial charge < -0.3 is 10.5 Å². The number of nitrogen functional groups attached to an aromatic ring is 1. The average Bonchev–Trinajstić information content (AvgIpc) is 2.75. The number of rotatable bonds is 4. The Labute approximate surface area is 108 Å². The van der Waals surface area contributed by atoms with E-state index in [4.69, 9.17) is 10.5 Å². The summed E-state index contributed by atoms with van der Waals surface area (Å²) < 4.78 is 31.7. The molecule has 100 valence electrons. The van der Waals surface area contributed by atoms with Crippen LogP contribution in [0.25, 0.3) is 0 Å². The molecule has 0 unspecified atom stereocenters. The molecule has 0 atom stereocenters. The Hall–Kier alpha value is -2.36. The number of benzene rings is 1. The number of ether oxygens (including phenoxy) is 1. The average molecular weight is 288 g/mol. The third-order valence-electron chi connectivity index (χ3n) is 2.03.